The molecule has 0 saturated carbocycles. The van der Waals surface area contributed by atoms with Gasteiger partial charge in [-0.3, -0.25) is 10.1 Å². The first-order valence-corrected chi connectivity index (χ1v) is 6.83. The lowest BCUT2D eigenvalue weighted by Gasteiger charge is -2.19. The highest BCUT2D eigenvalue weighted by Crippen LogP contribution is 2.27. The summed E-state index contributed by atoms with van der Waals surface area (Å²) >= 11 is 0. The van der Waals surface area contributed by atoms with Gasteiger partial charge in [-0.15, -0.1) is 0 Å². The Morgan fingerprint density at radius 3 is 2.58 bits per heavy atom. The third kappa shape index (κ3) is 3.25. The molecule has 1 aromatic carbocycles. The van der Waals surface area contributed by atoms with E-state index in [4.69, 9.17) is 5.11 Å². The SMILES string of the molecule is CCN(CCO)S(=O)(=O)c1ccc(F)cc1[N+](=O)[O-]. The van der Waals surface area contributed by atoms with Crippen molar-refractivity contribution in [2.45, 2.75) is 11.8 Å². The molecule has 9 heteroatoms. The molecule has 0 radical (unpaired) electrons. The molecule has 0 saturated heterocycles. The Morgan fingerprint density at radius 2 is 2.11 bits per heavy atom. The van der Waals surface area contributed by atoms with Crippen molar-refractivity contribution in [3.63, 3.8) is 0 Å². The quantitative estimate of drug-likeness (QED) is 0.615. The predicted molar refractivity (Wildman–Crippen MR) is 64.6 cm³/mol. The summed E-state index contributed by atoms with van der Waals surface area (Å²) in [5, 5.41) is 19.6. The lowest BCUT2D eigenvalue weighted by molar-refractivity contribution is -0.388. The number of halogens is 1. The maximum atomic E-state index is 13.0. The van der Waals surface area contributed by atoms with E-state index < -0.39 is 38.0 Å². The zero-order valence-corrected chi connectivity index (χ0v) is 10.9. The van der Waals surface area contributed by atoms with Crippen LogP contribution in [-0.2, 0) is 10.0 Å². The van der Waals surface area contributed by atoms with Crippen LogP contribution in [0.15, 0.2) is 23.1 Å². The Hall–Kier alpha value is -1.58. The van der Waals surface area contributed by atoms with Gasteiger partial charge in [0.05, 0.1) is 17.6 Å². The van der Waals surface area contributed by atoms with Gasteiger partial charge in [0.1, 0.15) is 5.82 Å². The van der Waals surface area contributed by atoms with Gasteiger partial charge >= 0.3 is 0 Å². The monoisotopic (exact) mass is 292 g/mol. The fourth-order valence-corrected chi connectivity index (χ4v) is 3.13. The van der Waals surface area contributed by atoms with Gasteiger partial charge < -0.3 is 5.11 Å². The number of hydrogen-bond acceptors (Lipinski definition) is 5. The first-order valence-electron chi connectivity index (χ1n) is 5.39. The van der Waals surface area contributed by atoms with Crippen LogP contribution in [0.4, 0.5) is 10.1 Å². The molecule has 0 atom stereocenters. The highest BCUT2D eigenvalue weighted by molar-refractivity contribution is 7.89. The molecule has 0 bridgehead atoms. The molecule has 0 aromatic heterocycles. The summed E-state index contributed by atoms with van der Waals surface area (Å²) in [6, 6.07) is 2.25. The summed E-state index contributed by atoms with van der Waals surface area (Å²) in [6.45, 7) is 0.968. The Balaban J connectivity index is 3.39. The number of hydrogen-bond donors (Lipinski definition) is 1. The van der Waals surface area contributed by atoms with Crippen LogP contribution >= 0.6 is 0 Å². The number of aliphatic hydroxyl groups excluding tert-OH is 1. The summed E-state index contributed by atoms with van der Waals surface area (Å²) in [4.78, 5) is 9.25. The van der Waals surface area contributed by atoms with E-state index in [-0.39, 0.29) is 13.1 Å². The Kier molecular flexibility index (Phi) is 4.92. The average Bonchev–Trinajstić information content (AvgIpc) is 2.35. The summed E-state index contributed by atoms with van der Waals surface area (Å²) in [6.07, 6.45) is 0. The van der Waals surface area contributed by atoms with Crippen LogP contribution in [0, 0.1) is 15.9 Å². The van der Waals surface area contributed by atoms with Crippen molar-refractivity contribution in [1.29, 1.82) is 0 Å². The lowest BCUT2D eigenvalue weighted by Crippen LogP contribution is -2.33. The minimum Gasteiger partial charge on any atom is -0.395 e. The van der Waals surface area contributed by atoms with Crippen LogP contribution < -0.4 is 0 Å². The van der Waals surface area contributed by atoms with Crippen LogP contribution in [0.3, 0.4) is 0 Å². The third-order valence-corrected chi connectivity index (χ3v) is 4.46. The van der Waals surface area contributed by atoms with Crippen LogP contribution in [0.2, 0.25) is 0 Å². The van der Waals surface area contributed by atoms with E-state index in [1.165, 1.54) is 6.92 Å². The molecule has 0 aliphatic heterocycles. The van der Waals surface area contributed by atoms with Crippen molar-refractivity contribution in [2.75, 3.05) is 19.7 Å². The van der Waals surface area contributed by atoms with Crippen molar-refractivity contribution in [3.8, 4) is 0 Å². The zero-order chi connectivity index (χ0) is 14.6. The summed E-state index contributed by atoms with van der Waals surface area (Å²) in [7, 11) is -4.14. The second-order valence-electron chi connectivity index (χ2n) is 3.59. The second-order valence-corrected chi connectivity index (χ2v) is 5.50. The van der Waals surface area contributed by atoms with Crippen molar-refractivity contribution in [2.24, 2.45) is 0 Å². The number of rotatable bonds is 6. The second kappa shape index (κ2) is 6.04. The molecular weight excluding hydrogens is 279 g/mol. The molecule has 19 heavy (non-hydrogen) atoms. The number of benzene rings is 1. The molecule has 0 heterocycles. The van der Waals surface area contributed by atoms with Gasteiger partial charge in [0.25, 0.3) is 5.69 Å². The fourth-order valence-electron chi connectivity index (χ4n) is 1.55. The van der Waals surface area contributed by atoms with Gasteiger partial charge in [0.15, 0.2) is 4.90 Å². The van der Waals surface area contributed by atoms with Crippen molar-refractivity contribution in [1.82, 2.24) is 4.31 Å². The smallest absolute Gasteiger partial charge is 0.292 e. The van der Waals surface area contributed by atoms with Gasteiger partial charge in [-0.25, -0.2) is 12.8 Å². The zero-order valence-electron chi connectivity index (χ0n) is 10.1. The molecule has 0 amide bonds. The minimum absolute atomic E-state index is 0.0391. The number of sulfonamides is 1. The van der Waals surface area contributed by atoms with Gasteiger partial charge in [0, 0.05) is 13.1 Å². The third-order valence-electron chi connectivity index (χ3n) is 2.44. The first-order chi connectivity index (χ1) is 8.84. The molecule has 106 valence electrons. The summed E-state index contributed by atoms with van der Waals surface area (Å²) < 4.78 is 38.2. The standard InChI is InChI=1S/C10H13FN2O5S/c1-2-12(5-6-14)19(17,18)10-4-3-8(11)7-9(10)13(15)16/h3-4,7,14H,2,5-6H2,1H3. The van der Waals surface area contributed by atoms with Crippen LogP contribution in [0.1, 0.15) is 6.92 Å². The van der Waals surface area contributed by atoms with E-state index in [9.17, 15) is 22.9 Å². The van der Waals surface area contributed by atoms with Crippen molar-refractivity contribution in [3.05, 3.63) is 34.1 Å². The topological polar surface area (TPSA) is 101 Å². The number of likely N-dealkylation sites (N-methyl/N-ethyl adjacent to an activating group) is 1. The molecule has 7 nitrogen and oxygen atoms in total. The van der Waals surface area contributed by atoms with E-state index in [1.807, 2.05) is 0 Å². The van der Waals surface area contributed by atoms with Crippen LogP contribution in [0.5, 0.6) is 0 Å². The van der Waals surface area contributed by atoms with Gasteiger partial charge in [-0.2, -0.15) is 4.31 Å². The average molecular weight is 292 g/mol. The molecule has 1 N–H and O–H groups in total. The lowest BCUT2D eigenvalue weighted by atomic mass is 10.3. The van der Waals surface area contributed by atoms with E-state index in [1.54, 1.807) is 0 Å². The number of nitrogens with zero attached hydrogens (tertiary/aromatic N) is 2. The predicted octanol–water partition coefficient (Wildman–Crippen LogP) is 0.737. The molecule has 0 aliphatic rings. The molecule has 1 aromatic rings. The van der Waals surface area contributed by atoms with Crippen LogP contribution in [-0.4, -0.2) is 42.4 Å². The van der Waals surface area contributed by atoms with Crippen molar-refractivity contribution < 1.29 is 22.8 Å². The van der Waals surface area contributed by atoms with E-state index in [0.717, 1.165) is 16.4 Å². The van der Waals surface area contributed by atoms with Gasteiger partial charge in [-0.1, -0.05) is 6.92 Å². The molecule has 0 aliphatic carbocycles. The fraction of sp³-hybridized carbons (Fsp3) is 0.400. The van der Waals surface area contributed by atoms with Crippen LogP contribution in [0.25, 0.3) is 0 Å². The highest BCUT2D eigenvalue weighted by atomic mass is 32.2. The largest absolute Gasteiger partial charge is 0.395 e. The van der Waals surface area contributed by atoms with E-state index in [0.29, 0.717) is 6.07 Å². The number of nitro benzene ring substituents is 1. The van der Waals surface area contributed by atoms with E-state index >= 15 is 0 Å². The highest BCUT2D eigenvalue weighted by Gasteiger charge is 2.30. The summed E-state index contributed by atoms with van der Waals surface area (Å²) in [5.74, 6) is -0.893. The molecule has 1 rings (SSSR count). The van der Waals surface area contributed by atoms with Gasteiger partial charge in [0.2, 0.25) is 10.0 Å². The number of nitro groups is 1. The Morgan fingerprint density at radius 1 is 1.47 bits per heavy atom. The van der Waals surface area contributed by atoms with Crippen molar-refractivity contribution >= 4 is 15.7 Å². The Labute approximate surface area is 109 Å². The Bertz CT molecular complexity index is 575. The minimum atomic E-state index is -4.14. The molecule has 0 fully saturated rings. The number of aliphatic hydroxyl groups is 1. The normalized spacial score (nSPS) is 11.8. The maximum Gasteiger partial charge on any atom is 0.292 e. The first kappa shape index (κ1) is 15.5. The molecule has 0 spiro atoms. The van der Waals surface area contributed by atoms with E-state index in [2.05, 4.69) is 0 Å². The maximum absolute atomic E-state index is 13.0. The summed E-state index contributed by atoms with van der Waals surface area (Å²) in [5.41, 5.74) is -0.823. The molecule has 0 unspecified atom stereocenters. The molecular formula is C10H13FN2O5S. The van der Waals surface area contributed by atoms with Gasteiger partial charge in [-0.05, 0) is 12.1 Å².